The number of azo groups is 1. The largest absolute Gasteiger partial charge is 0.191 e. The molecule has 0 bridgehead atoms. The van der Waals surface area contributed by atoms with E-state index in [9.17, 15) is 0 Å². The van der Waals surface area contributed by atoms with E-state index in [2.05, 4.69) is 22.1 Å². The van der Waals surface area contributed by atoms with Gasteiger partial charge in [0.15, 0.2) is 0 Å². The van der Waals surface area contributed by atoms with Crippen LogP contribution < -0.4 is 0 Å². The van der Waals surface area contributed by atoms with Crippen LogP contribution in [0, 0.1) is 36.5 Å². The highest BCUT2D eigenvalue weighted by molar-refractivity contribution is 4.97. The monoisotopic (exact) mass is 242 g/mol. The Kier molecular flexibility index (Phi) is 4.82. The number of hydrogen-bond acceptors (Lipinski definition) is 2. The SMILES string of the molecule is C#CC1CCC(N=NC2CCC(C#C)CC2)CC1. The van der Waals surface area contributed by atoms with Crippen LogP contribution >= 0.6 is 0 Å². The lowest BCUT2D eigenvalue weighted by molar-refractivity contribution is 0.345. The molecular weight excluding hydrogens is 220 g/mol. The van der Waals surface area contributed by atoms with E-state index in [1.165, 1.54) is 0 Å². The van der Waals surface area contributed by atoms with Gasteiger partial charge in [0.05, 0.1) is 12.1 Å². The van der Waals surface area contributed by atoms with Crippen molar-refractivity contribution in [1.29, 1.82) is 0 Å². The van der Waals surface area contributed by atoms with Crippen molar-refractivity contribution in [2.45, 2.75) is 63.5 Å². The molecule has 96 valence electrons. The second-order valence-corrected chi connectivity index (χ2v) is 5.58. The summed E-state index contributed by atoms with van der Waals surface area (Å²) in [5, 5.41) is 9.06. The molecule has 0 saturated heterocycles. The van der Waals surface area contributed by atoms with Crippen LogP contribution in [0.5, 0.6) is 0 Å². The van der Waals surface area contributed by atoms with Crippen LogP contribution in [0.25, 0.3) is 0 Å². The molecule has 18 heavy (non-hydrogen) atoms. The first kappa shape index (κ1) is 13.2. The summed E-state index contributed by atoms with van der Waals surface area (Å²) >= 11 is 0. The number of hydrogen-bond donors (Lipinski definition) is 0. The van der Waals surface area contributed by atoms with Gasteiger partial charge in [-0.25, -0.2) is 0 Å². The van der Waals surface area contributed by atoms with Gasteiger partial charge in [-0.3, -0.25) is 0 Å². The summed E-state index contributed by atoms with van der Waals surface area (Å²) in [6.45, 7) is 0. The van der Waals surface area contributed by atoms with Crippen LogP contribution in [0.4, 0.5) is 0 Å². The Hall–Kier alpha value is -1.28. The lowest BCUT2D eigenvalue weighted by Gasteiger charge is -2.24. The molecule has 0 spiro atoms. The van der Waals surface area contributed by atoms with Crippen LogP contribution in [0.15, 0.2) is 10.2 Å². The molecule has 0 aliphatic heterocycles. The summed E-state index contributed by atoms with van der Waals surface area (Å²) in [7, 11) is 0. The topological polar surface area (TPSA) is 24.7 Å². The average molecular weight is 242 g/mol. The molecule has 0 N–H and O–H groups in total. The highest BCUT2D eigenvalue weighted by Crippen LogP contribution is 2.28. The molecule has 0 unspecified atom stereocenters. The molecule has 0 amide bonds. The first-order valence-electron chi connectivity index (χ1n) is 7.14. The van der Waals surface area contributed by atoms with Crippen molar-refractivity contribution in [3.63, 3.8) is 0 Å². The Morgan fingerprint density at radius 2 is 0.944 bits per heavy atom. The smallest absolute Gasteiger partial charge is 0.0709 e. The minimum absolute atomic E-state index is 0.417. The van der Waals surface area contributed by atoms with Gasteiger partial charge in [-0.1, -0.05) is 0 Å². The summed E-state index contributed by atoms with van der Waals surface area (Å²) < 4.78 is 0. The van der Waals surface area contributed by atoms with Gasteiger partial charge in [0, 0.05) is 11.8 Å². The molecule has 2 nitrogen and oxygen atoms in total. The van der Waals surface area contributed by atoms with E-state index in [0.717, 1.165) is 51.4 Å². The van der Waals surface area contributed by atoms with Gasteiger partial charge in [0.1, 0.15) is 0 Å². The summed E-state index contributed by atoms with van der Waals surface area (Å²) in [5.41, 5.74) is 0. The predicted molar refractivity (Wildman–Crippen MR) is 74.0 cm³/mol. The van der Waals surface area contributed by atoms with E-state index in [-0.39, 0.29) is 0 Å². The summed E-state index contributed by atoms with van der Waals surface area (Å²) in [5.74, 6) is 6.65. The summed E-state index contributed by atoms with van der Waals surface area (Å²) in [6.07, 6.45) is 19.8. The molecule has 0 aromatic carbocycles. The maximum absolute atomic E-state index is 5.45. The standard InChI is InChI=1S/C16H22N2/c1-3-13-5-9-15(10-6-13)17-18-16-11-7-14(4-2)8-12-16/h1-2,13-16H,5-12H2. The fourth-order valence-electron chi connectivity index (χ4n) is 2.90. The van der Waals surface area contributed by atoms with E-state index in [1.54, 1.807) is 0 Å². The van der Waals surface area contributed by atoms with Crippen molar-refractivity contribution < 1.29 is 0 Å². The van der Waals surface area contributed by atoms with E-state index in [0.29, 0.717) is 23.9 Å². The third kappa shape index (κ3) is 3.61. The molecule has 2 heteroatoms. The fraction of sp³-hybridized carbons (Fsp3) is 0.750. The Morgan fingerprint density at radius 1 is 0.611 bits per heavy atom. The Bertz CT molecular complexity index is 320. The van der Waals surface area contributed by atoms with Crippen LogP contribution in [0.3, 0.4) is 0 Å². The van der Waals surface area contributed by atoms with Crippen molar-refractivity contribution in [2.75, 3.05) is 0 Å². The lowest BCUT2D eigenvalue weighted by atomic mass is 9.86. The van der Waals surface area contributed by atoms with Crippen LogP contribution in [0.2, 0.25) is 0 Å². The average Bonchev–Trinajstić information content (AvgIpc) is 2.46. The quantitative estimate of drug-likeness (QED) is 0.519. The van der Waals surface area contributed by atoms with E-state index in [1.807, 2.05) is 0 Å². The first-order chi connectivity index (χ1) is 8.81. The third-order valence-corrected chi connectivity index (χ3v) is 4.26. The zero-order chi connectivity index (χ0) is 12.8. The Labute approximate surface area is 111 Å². The van der Waals surface area contributed by atoms with Crippen LogP contribution in [-0.4, -0.2) is 12.1 Å². The Balaban J connectivity index is 1.72. The summed E-state index contributed by atoms with van der Waals surface area (Å²) in [4.78, 5) is 0. The van der Waals surface area contributed by atoms with Crippen molar-refractivity contribution in [3.05, 3.63) is 0 Å². The molecule has 2 fully saturated rings. The van der Waals surface area contributed by atoms with Crippen molar-refractivity contribution >= 4 is 0 Å². The van der Waals surface area contributed by atoms with Gasteiger partial charge in [-0.2, -0.15) is 10.2 Å². The predicted octanol–water partition coefficient (Wildman–Crippen LogP) is 3.82. The van der Waals surface area contributed by atoms with Gasteiger partial charge in [0.2, 0.25) is 0 Å². The van der Waals surface area contributed by atoms with Crippen molar-refractivity contribution in [1.82, 2.24) is 0 Å². The molecule has 0 heterocycles. The molecule has 0 radical (unpaired) electrons. The highest BCUT2D eigenvalue weighted by atomic mass is 15.1. The first-order valence-corrected chi connectivity index (χ1v) is 7.14. The minimum Gasteiger partial charge on any atom is -0.191 e. The van der Waals surface area contributed by atoms with Gasteiger partial charge in [0.25, 0.3) is 0 Å². The molecule has 2 aliphatic rings. The molecular formula is C16H22N2. The van der Waals surface area contributed by atoms with E-state index < -0.39 is 0 Å². The van der Waals surface area contributed by atoms with Gasteiger partial charge >= 0.3 is 0 Å². The normalized spacial score (nSPS) is 37.0. The van der Waals surface area contributed by atoms with Gasteiger partial charge in [-0.05, 0) is 51.4 Å². The van der Waals surface area contributed by atoms with Crippen molar-refractivity contribution in [3.8, 4) is 24.7 Å². The molecule has 0 aromatic rings. The minimum atomic E-state index is 0.417. The van der Waals surface area contributed by atoms with Gasteiger partial charge in [-0.15, -0.1) is 24.7 Å². The van der Waals surface area contributed by atoms with E-state index >= 15 is 0 Å². The van der Waals surface area contributed by atoms with E-state index in [4.69, 9.17) is 12.8 Å². The molecule has 0 atom stereocenters. The molecule has 2 saturated carbocycles. The third-order valence-electron chi connectivity index (χ3n) is 4.26. The van der Waals surface area contributed by atoms with Crippen LogP contribution in [0.1, 0.15) is 51.4 Å². The maximum Gasteiger partial charge on any atom is 0.0709 e. The maximum atomic E-state index is 5.45. The van der Waals surface area contributed by atoms with Crippen molar-refractivity contribution in [2.24, 2.45) is 22.1 Å². The van der Waals surface area contributed by atoms with Crippen LogP contribution in [-0.2, 0) is 0 Å². The molecule has 2 aliphatic carbocycles. The number of terminal acetylenes is 2. The number of rotatable bonds is 2. The zero-order valence-electron chi connectivity index (χ0n) is 11.0. The second-order valence-electron chi connectivity index (χ2n) is 5.58. The second kappa shape index (κ2) is 6.60. The summed E-state index contributed by atoms with van der Waals surface area (Å²) in [6, 6.07) is 0.833. The molecule has 0 aromatic heterocycles. The van der Waals surface area contributed by atoms with Gasteiger partial charge < -0.3 is 0 Å². The highest BCUT2D eigenvalue weighted by Gasteiger charge is 2.21. The molecule has 2 rings (SSSR count). The zero-order valence-corrected chi connectivity index (χ0v) is 11.0. The number of nitrogens with zero attached hydrogens (tertiary/aromatic N) is 2. The fourth-order valence-corrected chi connectivity index (χ4v) is 2.90. The lowest BCUT2D eigenvalue weighted by Crippen LogP contribution is -2.18. The Morgan fingerprint density at radius 3 is 1.22 bits per heavy atom.